The van der Waals surface area contributed by atoms with E-state index in [9.17, 15) is 4.53 Å². The molecule has 0 aromatic rings. The number of halogens is 1. The molecule has 0 aliphatic carbocycles. The lowest BCUT2D eigenvalue weighted by atomic mass is 10.1. The molecule has 0 unspecified atom stereocenters. The van der Waals surface area contributed by atoms with Crippen molar-refractivity contribution < 1.29 is 23.6 Å². The molecule has 0 aromatic heterocycles. The third-order valence-corrected chi connectivity index (χ3v) is 2.80. The first kappa shape index (κ1) is 21.3. The molecule has 3 N–H and O–H groups in total. The molecule has 7 heteroatoms. The maximum Gasteiger partial charge on any atom is 0.500 e. The molecule has 19 heavy (non-hydrogen) atoms. The molecule has 0 radical (unpaired) electrons. The van der Waals surface area contributed by atoms with Crippen LogP contribution in [-0.4, -0.2) is 23.4 Å². The van der Waals surface area contributed by atoms with E-state index in [0.717, 1.165) is 0 Å². The van der Waals surface area contributed by atoms with Gasteiger partial charge in [-0.15, -0.1) is 0 Å². The van der Waals surface area contributed by atoms with Crippen molar-refractivity contribution in [3.63, 3.8) is 0 Å². The van der Waals surface area contributed by atoms with Crippen molar-refractivity contribution in [2.45, 2.75) is 64.7 Å². The van der Waals surface area contributed by atoms with Crippen LogP contribution in [0.3, 0.4) is 0 Å². The van der Waals surface area contributed by atoms with E-state index in [1.165, 1.54) is 64.3 Å². The van der Waals surface area contributed by atoms with Gasteiger partial charge in [-0.25, -0.2) is 4.57 Å². The summed E-state index contributed by atoms with van der Waals surface area (Å²) >= 11 is 0. The normalized spacial score (nSPS) is 11.0. The largest absolute Gasteiger partial charge is 0.500 e. The minimum atomic E-state index is -4.81. The molecule has 5 nitrogen and oxygen atoms in total. The predicted octanol–water partition coefficient (Wildman–Crippen LogP) is 3.72. The second-order valence-electron chi connectivity index (χ2n) is 4.49. The number of nitrogens with one attached hydrogen (secondary N) is 1. The van der Waals surface area contributed by atoms with Crippen LogP contribution in [0.2, 0.25) is 0 Å². The van der Waals surface area contributed by atoms with Crippen LogP contribution in [0.4, 0.5) is 4.53 Å². The van der Waals surface area contributed by atoms with E-state index >= 15 is 0 Å². The fourth-order valence-corrected chi connectivity index (χ4v) is 1.61. The standard InChI is InChI=1S/C12H27N.FH2O4P/c1-3-4-5-6-7-8-9-10-11-12-13-2;1-5-6(2,3)4/h13H,3-12H2,1-2H3;(H2,2,3,4). The van der Waals surface area contributed by atoms with Crippen molar-refractivity contribution in [2.75, 3.05) is 13.6 Å². The first-order chi connectivity index (χ1) is 8.97. The Kier molecular flexibility index (Phi) is 18.0. The number of hydrogen-bond acceptors (Lipinski definition) is 3. The van der Waals surface area contributed by atoms with Gasteiger partial charge in [-0.3, -0.25) is 0 Å². The van der Waals surface area contributed by atoms with E-state index in [1.54, 1.807) is 0 Å². The third kappa shape index (κ3) is 27.3. The third-order valence-electron chi connectivity index (χ3n) is 2.62. The van der Waals surface area contributed by atoms with Crippen molar-refractivity contribution in [3.05, 3.63) is 0 Å². The number of unbranched alkanes of at least 4 members (excludes halogenated alkanes) is 8. The van der Waals surface area contributed by atoms with Crippen LogP contribution in [0.25, 0.3) is 0 Å². The van der Waals surface area contributed by atoms with Gasteiger partial charge in [0, 0.05) is 0 Å². The summed E-state index contributed by atoms with van der Waals surface area (Å²) in [6, 6.07) is 0. The molecule has 0 atom stereocenters. The van der Waals surface area contributed by atoms with Crippen molar-refractivity contribution >= 4 is 7.82 Å². The SMILES string of the molecule is CCCCCCCCCCCNC.O=P(O)(O)OF. The van der Waals surface area contributed by atoms with Gasteiger partial charge in [0.1, 0.15) is 0 Å². The molecule has 0 saturated carbocycles. The molecular weight excluding hydrogens is 272 g/mol. The molecule has 0 heterocycles. The highest BCUT2D eigenvalue weighted by Crippen LogP contribution is 2.35. The highest BCUT2D eigenvalue weighted by Gasteiger charge is 2.12. The average molecular weight is 301 g/mol. The molecule has 0 saturated heterocycles. The van der Waals surface area contributed by atoms with Crippen molar-refractivity contribution in [2.24, 2.45) is 0 Å². The van der Waals surface area contributed by atoms with Gasteiger partial charge < -0.3 is 15.1 Å². The summed E-state index contributed by atoms with van der Waals surface area (Å²) in [5.74, 6) is 0. The first-order valence-corrected chi connectivity index (χ1v) is 8.51. The molecule has 0 aromatic carbocycles. The Hall–Kier alpha value is -0.0000000000000000555. The maximum atomic E-state index is 10.2. The average Bonchev–Trinajstić information content (AvgIpc) is 2.37. The molecule has 118 valence electrons. The summed E-state index contributed by atoms with van der Waals surface area (Å²) in [7, 11) is -2.78. The monoisotopic (exact) mass is 301 g/mol. The van der Waals surface area contributed by atoms with Crippen LogP contribution in [0.5, 0.6) is 0 Å². The molecule has 0 aliphatic rings. The summed E-state index contributed by atoms with van der Waals surface area (Å²) in [6.07, 6.45) is 12.8. The van der Waals surface area contributed by atoms with Crippen LogP contribution >= 0.6 is 7.82 Å². The van der Waals surface area contributed by atoms with Crippen LogP contribution in [0, 0.1) is 0 Å². The lowest BCUT2D eigenvalue weighted by Gasteiger charge is -2.01. The van der Waals surface area contributed by atoms with Crippen molar-refractivity contribution in [1.82, 2.24) is 5.32 Å². The van der Waals surface area contributed by atoms with Gasteiger partial charge in [-0.1, -0.05) is 63.0 Å². The second-order valence-corrected chi connectivity index (χ2v) is 5.61. The zero-order chi connectivity index (χ0) is 15.0. The minimum Gasteiger partial charge on any atom is -0.320 e. The highest BCUT2D eigenvalue weighted by molar-refractivity contribution is 7.46. The number of rotatable bonds is 11. The zero-order valence-electron chi connectivity index (χ0n) is 12.1. The molecule has 0 spiro atoms. The summed E-state index contributed by atoms with van der Waals surface area (Å²) in [6.45, 7) is 3.47. The summed E-state index contributed by atoms with van der Waals surface area (Å²) in [5.41, 5.74) is 0. The summed E-state index contributed by atoms with van der Waals surface area (Å²) < 4.78 is 21.4. The van der Waals surface area contributed by atoms with Crippen molar-refractivity contribution in [1.29, 1.82) is 0 Å². The zero-order valence-corrected chi connectivity index (χ0v) is 13.0. The Morgan fingerprint density at radius 3 is 1.68 bits per heavy atom. The molecule has 0 rings (SSSR count). The van der Waals surface area contributed by atoms with Gasteiger partial charge in [0.15, 0.2) is 0 Å². The van der Waals surface area contributed by atoms with Crippen LogP contribution in [0.1, 0.15) is 64.7 Å². The van der Waals surface area contributed by atoms with Gasteiger partial charge >= 0.3 is 7.82 Å². The number of hydrogen-bond donors (Lipinski definition) is 3. The van der Waals surface area contributed by atoms with Crippen LogP contribution in [-0.2, 0) is 9.29 Å². The lowest BCUT2D eigenvalue weighted by molar-refractivity contribution is -0.0389. The Morgan fingerprint density at radius 1 is 1.00 bits per heavy atom. The van der Waals surface area contributed by atoms with Gasteiger partial charge in [-0.2, -0.15) is 0 Å². The Balaban J connectivity index is 0. The highest BCUT2D eigenvalue weighted by atomic mass is 31.2. The van der Waals surface area contributed by atoms with Crippen molar-refractivity contribution in [3.8, 4) is 0 Å². The van der Waals surface area contributed by atoms with Crippen LogP contribution in [0.15, 0.2) is 0 Å². The smallest absolute Gasteiger partial charge is 0.320 e. The molecule has 0 bridgehead atoms. The number of phosphoric acid groups is 1. The predicted molar refractivity (Wildman–Crippen MR) is 75.4 cm³/mol. The van der Waals surface area contributed by atoms with Gasteiger partial charge in [0.25, 0.3) is 0 Å². The fourth-order valence-electron chi connectivity index (χ4n) is 1.61. The molecular formula is C12H29FNO4P. The van der Waals surface area contributed by atoms with E-state index in [1.807, 2.05) is 7.05 Å². The molecule has 0 aliphatic heterocycles. The van der Waals surface area contributed by atoms with E-state index in [0.29, 0.717) is 0 Å². The van der Waals surface area contributed by atoms with Gasteiger partial charge in [-0.05, 0) is 24.5 Å². The minimum absolute atomic E-state index is 1.19. The van der Waals surface area contributed by atoms with E-state index in [2.05, 4.69) is 17.0 Å². The first-order valence-electron chi connectivity index (χ1n) is 6.98. The summed E-state index contributed by atoms with van der Waals surface area (Å²) in [5, 5.41) is 3.19. The lowest BCUT2D eigenvalue weighted by Crippen LogP contribution is -2.06. The fraction of sp³-hybridized carbons (Fsp3) is 1.00. The van der Waals surface area contributed by atoms with Gasteiger partial charge in [0.2, 0.25) is 0 Å². The van der Waals surface area contributed by atoms with Gasteiger partial charge in [0.05, 0.1) is 0 Å². The Labute approximate surface area is 116 Å². The van der Waals surface area contributed by atoms with Crippen LogP contribution < -0.4 is 5.32 Å². The van der Waals surface area contributed by atoms with E-state index in [4.69, 9.17) is 14.4 Å². The molecule has 0 amide bonds. The van der Waals surface area contributed by atoms with E-state index in [-0.39, 0.29) is 0 Å². The van der Waals surface area contributed by atoms with E-state index < -0.39 is 7.82 Å². The Morgan fingerprint density at radius 2 is 1.37 bits per heavy atom. The topological polar surface area (TPSA) is 78.8 Å². The molecule has 0 fully saturated rings. The quantitative estimate of drug-likeness (QED) is 0.400. The summed E-state index contributed by atoms with van der Waals surface area (Å²) in [4.78, 5) is 14.7. The Bertz CT molecular complexity index is 204. The maximum absolute atomic E-state index is 10.2. The second kappa shape index (κ2) is 16.1.